The number of pyridine rings is 1. The number of aromatic nitrogens is 3. The summed E-state index contributed by atoms with van der Waals surface area (Å²) >= 11 is 0. The summed E-state index contributed by atoms with van der Waals surface area (Å²) in [7, 11) is 1.49. The van der Waals surface area contributed by atoms with Crippen LogP contribution < -0.4 is 9.47 Å². The number of amides is 1. The van der Waals surface area contributed by atoms with Gasteiger partial charge in [0.15, 0.2) is 5.82 Å². The lowest BCUT2D eigenvalue weighted by atomic mass is 9.85. The molecule has 0 bridgehead atoms. The van der Waals surface area contributed by atoms with E-state index in [0.29, 0.717) is 24.8 Å². The van der Waals surface area contributed by atoms with Crippen LogP contribution >= 0.6 is 0 Å². The fourth-order valence-electron chi connectivity index (χ4n) is 6.92. The summed E-state index contributed by atoms with van der Waals surface area (Å²) in [4.78, 5) is 31.4. The van der Waals surface area contributed by atoms with Crippen LogP contribution in [0, 0.1) is 0 Å². The summed E-state index contributed by atoms with van der Waals surface area (Å²) in [6.45, 7) is 7.02. The van der Waals surface area contributed by atoms with Gasteiger partial charge in [0.05, 0.1) is 25.6 Å². The molecule has 1 unspecified atom stereocenters. The molecular formula is C37H42N4O6. The minimum Gasteiger partial charge on any atom is -0.486 e. The summed E-state index contributed by atoms with van der Waals surface area (Å²) in [5, 5.41) is 14.1. The fraction of sp³-hybridized carbons (Fsp3) is 0.405. The van der Waals surface area contributed by atoms with Gasteiger partial charge in [-0.3, -0.25) is 4.79 Å². The van der Waals surface area contributed by atoms with Gasteiger partial charge in [-0.25, -0.2) is 9.78 Å². The number of aliphatic hydroxyl groups excluding tert-OH is 1. The van der Waals surface area contributed by atoms with Crippen molar-refractivity contribution in [3.8, 4) is 28.7 Å². The van der Waals surface area contributed by atoms with E-state index in [9.17, 15) is 14.7 Å². The van der Waals surface area contributed by atoms with Crippen molar-refractivity contribution >= 4 is 11.9 Å². The summed E-state index contributed by atoms with van der Waals surface area (Å²) in [6.07, 6.45) is 4.77. The van der Waals surface area contributed by atoms with Crippen LogP contribution in [0.1, 0.15) is 84.7 Å². The van der Waals surface area contributed by atoms with E-state index in [2.05, 4.69) is 48.4 Å². The van der Waals surface area contributed by atoms with E-state index < -0.39 is 12.1 Å². The van der Waals surface area contributed by atoms with Crippen LogP contribution in [0.2, 0.25) is 0 Å². The van der Waals surface area contributed by atoms with Crippen molar-refractivity contribution in [2.75, 3.05) is 26.8 Å². The van der Waals surface area contributed by atoms with Crippen LogP contribution in [-0.2, 0) is 22.4 Å². The molecule has 1 fully saturated rings. The van der Waals surface area contributed by atoms with Gasteiger partial charge >= 0.3 is 5.97 Å². The molecule has 0 saturated carbocycles. The zero-order valence-electron chi connectivity index (χ0n) is 27.4. The minimum atomic E-state index is -0.957. The Hall–Kier alpha value is -4.70. The number of rotatable bonds is 10. The number of benzene rings is 2. The highest BCUT2D eigenvalue weighted by molar-refractivity contribution is 5.92. The standard InChI is InChI=1S/C37H42N4O6/c1-5-24-21-27(14-15-28(24)25-17-19-40(20-18-25)35(43)23(3)42)47-32-16-13-26-9-7-10-29(34(26)32)31-11-8-12-33(39-31)41-36(45-4)30(22-38-41)37(44)46-6-2/h7-12,14-15,21-23,25,32,42H,5-6,13,16-20H2,1-4H3/t23?,32-/m0/s1. The molecule has 10 nitrogen and oxygen atoms in total. The summed E-state index contributed by atoms with van der Waals surface area (Å²) in [6, 6.07) is 18.5. The van der Waals surface area contributed by atoms with Gasteiger partial charge in [-0.05, 0) is 92.8 Å². The molecule has 2 aromatic heterocycles. The second-order valence-corrected chi connectivity index (χ2v) is 12.1. The van der Waals surface area contributed by atoms with E-state index in [4.69, 9.17) is 19.2 Å². The third-order valence-electron chi connectivity index (χ3n) is 9.21. The Morgan fingerprint density at radius 2 is 1.83 bits per heavy atom. The van der Waals surface area contributed by atoms with Gasteiger partial charge in [0.1, 0.15) is 23.5 Å². The Labute approximate surface area is 275 Å². The van der Waals surface area contributed by atoms with Crippen LogP contribution in [0.25, 0.3) is 17.1 Å². The molecule has 2 aliphatic rings. The van der Waals surface area contributed by atoms with Crippen molar-refractivity contribution in [3.63, 3.8) is 0 Å². The average Bonchev–Trinajstić information content (AvgIpc) is 3.72. The maximum atomic E-state index is 12.5. The van der Waals surface area contributed by atoms with Gasteiger partial charge in [0, 0.05) is 24.2 Å². The molecule has 1 aliphatic heterocycles. The van der Waals surface area contributed by atoms with E-state index in [1.807, 2.05) is 18.2 Å². The molecule has 4 aromatic rings. The molecule has 2 atom stereocenters. The number of carbonyl (C=O) groups excluding carboxylic acids is 2. The van der Waals surface area contributed by atoms with Crippen LogP contribution in [0.15, 0.2) is 60.8 Å². The average molecular weight is 639 g/mol. The van der Waals surface area contributed by atoms with Crippen molar-refractivity contribution in [1.29, 1.82) is 0 Å². The Morgan fingerprint density at radius 1 is 1.04 bits per heavy atom. The van der Waals surface area contributed by atoms with E-state index in [0.717, 1.165) is 54.7 Å². The maximum Gasteiger partial charge on any atom is 0.345 e. The SMILES string of the molecule is CCOC(=O)c1cnn(-c2cccc(-c3cccc4c3[C@@H](Oc3ccc(C5CCN(C(=O)C(C)O)CC5)c(CC)c3)CC4)n2)c1OC. The fourth-order valence-corrected chi connectivity index (χ4v) is 6.92. The molecule has 1 saturated heterocycles. The highest BCUT2D eigenvalue weighted by Gasteiger charge is 2.30. The molecular weight excluding hydrogens is 596 g/mol. The largest absolute Gasteiger partial charge is 0.486 e. The number of methoxy groups -OCH3 is 1. The number of hydrogen-bond acceptors (Lipinski definition) is 8. The topological polar surface area (TPSA) is 116 Å². The molecule has 0 spiro atoms. The van der Waals surface area contributed by atoms with Gasteiger partial charge in [0.2, 0.25) is 5.88 Å². The number of esters is 1. The molecule has 0 radical (unpaired) electrons. The molecule has 10 heteroatoms. The predicted molar refractivity (Wildman–Crippen MR) is 177 cm³/mol. The van der Waals surface area contributed by atoms with Gasteiger partial charge in [-0.2, -0.15) is 9.78 Å². The Bertz CT molecular complexity index is 1760. The van der Waals surface area contributed by atoms with E-state index in [1.54, 1.807) is 11.8 Å². The Balaban J connectivity index is 1.24. The van der Waals surface area contributed by atoms with Crippen LogP contribution in [0.4, 0.5) is 0 Å². The number of nitrogens with zero attached hydrogens (tertiary/aromatic N) is 4. The lowest BCUT2D eigenvalue weighted by Gasteiger charge is -2.33. The Kier molecular flexibility index (Phi) is 9.58. The molecule has 1 N–H and O–H groups in total. The normalized spacial score (nSPS) is 16.9. The first kappa shape index (κ1) is 32.2. The van der Waals surface area contributed by atoms with Crippen molar-refractivity contribution in [2.24, 2.45) is 0 Å². The number of carbonyl (C=O) groups is 2. The van der Waals surface area contributed by atoms with Crippen LogP contribution in [0.3, 0.4) is 0 Å². The first-order valence-electron chi connectivity index (χ1n) is 16.5. The van der Waals surface area contributed by atoms with Gasteiger partial charge in [-0.1, -0.05) is 37.3 Å². The molecule has 246 valence electrons. The summed E-state index contributed by atoms with van der Waals surface area (Å²) < 4.78 is 19.0. The first-order valence-corrected chi connectivity index (χ1v) is 16.5. The number of piperidine rings is 1. The molecule has 1 aliphatic carbocycles. The second-order valence-electron chi connectivity index (χ2n) is 12.1. The third kappa shape index (κ3) is 6.47. The molecule has 2 aromatic carbocycles. The third-order valence-corrected chi connectivity index (χ3v) is 9.21. The number of ether oxygens (including phenoxy) is 3. The van der Waals surface area contributed by atoms with Gasteiger partial charge in [0.25, 0.3) is 5.91 Å². The number of hydrogen-bond donors (Lipinski definition) is 1. The quantitative estimate of drug-likeness (QED) is 0.216. The monoisotopic (exact) mass is 638 g/mol. The highest BCUT2D eigenvalue weighted by atomic mass is 16.5. The number of likely N-dealkylation sites (tertiary alicyclic amines) is 1. The molecule has 1 amide bonds. The maximum absolute atomic E-state index is 12.5. The van der Waals surface area contributed by atoms with Gasteiger partial charge in [-0.15, -0.1) is 0 Å². The van der Waals surface area contributed by atoms with E-state index in [-0.39, 0.29) is 30.1 Å². The van der Waals surface area contributed by atoms with E-state index in [1.165, 1.54) is 41.6 Å². The van der Waals surface area contributed by atoms with E-state index >= 15 is 0 Å². The zero-order valence-corrected chi connectivity index (χ0v) is 27.4. The summed E-state index contributed by atoms with van der Waals surface area (Å²) in [5.41, 5.74) is 6.96. The summed E-state index contributed by atoms with van der Waals surface area (Å²) in [5.74, 6) is 1.31. The smallest absolute Gasteiger partial charge is 0.345 e. The van der Waals surface area contributed by atoms with Crippen molar-refractivity contribution in [3.05, 3.63) is 88.6 Å². The number of aryl methyl sites for hydroxylation is 2. The lowest BCUT2D eigenvalue weighted by molar-refractivity contribution is -0.140. The lowest BCUT2D eigenvalue weighted by Crippen LogP contribution is -2.42. The zero-order chi connectivity index (χ0) is 33.1. The molecule has 6 rings (SSSR count). The van der Waals surface area contributed by atoms with Crippen molar-refractivity contribution < 1.29 is 28.9 Å². The van der Waals surface area contributed by atoms with Crippen LogP contribution in [-0.4, -0.2) is 69.6 Å². The second kappa shape index (κ2) is 14.0. The van der Waals surface area contributed by atoms with Crippen molar-refractivity contribution in [2.45, 2.75) is 71.0 Å². The Morgan fingerprint density at radius 3 is 2.55 bits per heavy atom. The minimum absolute atomic E-state index is 0.133. The number of aliphatic hydroxyl groups is 1. The highest BCUT2D eigenvalue weighted by Crippen LogP contribution is 2.42. The number of fused-ring (bicyclic) bond motifs is 1. The molecule has 47 heavy (non-hydrogen) atoms. The van der Waals surface area contributed by atoms with Crippen molar-refractivity contribution in [1.82, 2.24) is 19.7 Å². The molecule has 3 heterocycles. The van der Waals surface area contributed by atoms with Gasteiger partial charge < -0.3 is 24.2 Å². The predicted octanol–water partition coefficient (Wildman–Crippen LogP) is 5.84. The first-order chi connectivity index (χ1) is 22.8. The van der Waals surface area contributed by atoms with Crippen LogP contribution in [0.5, 0.6) is 11.6 Å².